The molecule has 9 heteroatoms. The van der Waals surface area contributed by atoms with Crippen LogP contribution in [0.4, 0.5) is 13.2 Å². The number of nitrogens with zero attached hydrogens (tertiary/aromatic N) is 1. The van der Waals surface area contributed by atoms with Crippen molar-refractivity contribution in [2.45, 2.75) is 34.7 Å². The zero-order valence-electron chi connectivity index (χ0n) is 14.6. The third-order valence-electron chi connectivity index (χ3n) is 3.45. The first-order valence-corrected chi connectivity index (χ1v) is 10.2. The zero-order valence-corrected chi connectivity index (χ0v) is 17.0. The van der Waals surface area contributed by atoms with Crippen molar-refractivity contribution < 1.29 is 18.0 Å². The summed E-state index contributed by atoms with van der Waals surface area (Å²) >= 11 is 8.73. The molecule has 2 aromatic rings. The molecule has 1 amide bonds. The molecule has 0 fully saturated rings. The number of alkyl halides is 3. The third-order valence-corrected chi connectivity index (χ3v) is 6.12. The molecule has 0 aliphatic rings. The number of carbonyl (C=O) groups is 1. The van der Waals surface area contributed by atoms with Gasteiger partial charge in [-0.05, 0) is 38.1 Å². The number of rotatable bonds is 7. The molecule has 1 heterocycles. The van der Waals surface area contributed by atoms with Gasteiger partial charge in [0, 0.05) is 23.4 Å². The Labute approximate surface area is 169 Å². The minimum atomic E-state index is -4.43. The van der Waals surface area contributed by atoms with Crippen molar-refractivity contribution in [3.63, 3.8) is 0 Å². The minimum absolute atomic E-state index is 0.214. The van der Waals surface area contributed by atoms with Gasteiger partial charge in [-0.1, -0.05) is 35.5 Å². The standard InChI is InChI=1S/C18H18ClF3N2OS2/c1-17(2,27-15-8-7-12(11-24-15)18(20,21)22)16(25)23-9-10-26-14-6-4-3-5-13(14)19/h3-8,11H,9-10H2,1-2H3,(H,23,25). The van der Waals surface area contributed by atoms with E-state index in [1.165, 1.54) is 17.8 Å². The van der Waals surface area contributed by atoms with Gasteiger partial charge in [-0.3, -0.25) is 4.79 Å². The van der Waals surface area contributed by atoms with Crippen molar-refractivity contribution in [2.75, 3.05) is 12.3 Å². The quantitative estimate of drug-likeness (QED) is 0.459. The number of carbonyl (C=O) groups excluding carboxylic acids is 1. The highest BCUT2D eigenvalue weighted by molar-refractivity contribution is 8.01. The van der Waals surface area contributed by atoms with Gasteiger partial charge in [0.15, 0.2) is 0 Å². The fourth-order valence-corrected chi connectivity index (χ4v) is 4.05. The summed E-state index contributed by atoms with van der Waals surface area (Å²) in [5.41, 5.74) is -0.814. The summed E-state index contributed by atoms with van der Waals surface area (Å²) in [5.74, 6) is 0.434. The van der Waals surface area contributed by atoms with Gasteiger partial charge in [0.1, 0.15) is 0 Å². The molecule has 0 spiro atoms. The van der Waals surface area contributed by atoms with Crippen molar-refractivity contribution >= 4 is 41.0 Å². The summed E-state index contributed by atoms with van der Waals surface area (Å²) in [4.78, 5) is 17.1. The molecule has 0 aliphatic carbocycles. The molecular formula is C18H18ClF3N2OS2. The molecule has 1 aromatic carbocycles. The fourth-order valence-electron chi connectivity index (χ4n) is 2.02. The molecule has 0 radical (unpaired) electrons. The second-order valence-electron chi connectivity index (χ2n) is 6.03. The summed E-state index contributed by atoms with van der Waals surface area (Å²) in [6.45, 7) is 3.85. The van der Waals surface area contributed by atoms with Crippen LogP contribution in [0.25, 0.3) is 0 Å². The topological polar surface area (TPSA) is 42.0 Å². The van der Waals surface area contributed by atoms with Gasteiger partial charge < -0.3 is 5.32 Å². The van der Waals surface area contributed by atoms with Crippen LogP contribution in [0.5, 0.6) is 0 Å². The van der Waals surface area contributed by atoms with E-state index < -0.39 is 16.5 Å². The zero-order chi connectivity index (χ0) is 20.1. The van der Waals surface area contributed by atoms with Crippen molar-refractivity contribution in [3.8, 4) is 0 Å². The number of pyridine rings is 1. The van der Waals surface area contributed by atoms with Crippen LogP contribution in [-0.2, 0) is 11.0 Å². The predicted octanol–water partition coefficient (Wildman–Crippen LogP) is 5.53. The Kier molecular flexibility index (Phi) is 7.47. The van der Waals surface area contributed by atoms with E-state index in [2.05, 4.69) is 10.3 Å². The van der Waals surface area contributed by atoms with Gasteiger partial charge in [-0.15, -0.1) is 11.8 Å². The lowest BCUT2D eigenvalue weighted by Crippen LogP contribution is -2.40. The lowest BCUT2D eigenvalue weighted by molar-refractivity contribution is -0.137. The maximum atomic E-state index is 12.6. The molecule has 2 rings (SSSR count). The molecule has 27 heavy (non-hydrogen) atoms. The fraction of sp³-hybridized carbons (Fsp3) is 0.333. The Balaban J connectivity index is 1.84. The number of amides is 1. The minimum Gasteiger partial charge on any atom is -0.354 e. The van der Waals surface area contributed by atoms with Crippen LogP contribution in [0.3, 0.4) is 0 Å². The van der Waals surface area contributed by atoms with Gasteiger partial charge in [-0.2, -0.15) is 13.2 Å². The van der Waals surface area contributed by atoms with Crippen LogP contribution in [0.1, 0.15) is 19.4 Å². The molecule has 0 atom stereocenters. The summed E-state index contributed by atoms with van der Waals surface area (Å²) < 4.78 is 36.9. The summed E-state index contributed by atoms with van der Waals surface area (Å²) in [6.07, 6.45) is -3.65. The molecule has 1 N–H and O–H groups in total. The number of nitrogens with one attached hydrogen (secondary N) is 1. The summed E-state index contributed by atoms with van der Waals surface area (Å²) in [6, 6.07) is 9.69. The lowest BCUT2D eigenvalue weighted by atomic mass is 10.2. The smallest absolute Gasteiger partial charge is 0.354 e. The molecule has 0 unspecified atom stereocenters. The van der Waals surface area contributed by atoms with E-state index in [1.54, 1.807) is 19.9 Å². The number of halogens is 4. The predicted molar refractivity (Wildman–Crippen MR) is 104 cm³/mol. The Morgan fingerprint density at radius 3 is 2.48 bits per heavy atom. The van der Waals surface area contributed by atoms with Gasteiger partial charge >= 0.3 is 6.18 Å². The van der Waals surface area contributed by atoms with Crippen LogP contribution in [-0.4, -0.2) is 27.9 Å². The van der Waals surface area contributed by atoms with E-state index in [0.29, 0.717) is 22.3 Å². The van der Waals surface area contributed by atoms with Crippen molar-refractivity contribution in [3.05, 3.63) is 53.2 Å². The van der Waals surface area contributed by atoms with Crippen LogP contribution in [0, 0.1) is 0 Å². The van der Waals surface area contributed by atoms with Crippen LogP contribution in [0.2, 0.25) is 5.02 Å². The van der Waals surface area contributed by atoms with E-state index in [9.17, 15) is 18.0 Å². The van der Waals surface area contributed by atoms with Crippen LogP contribution in [0.15, 0.2) is 52.5 Å². The molecule has 1 aromatic heterocycles. The van der Waals surface area contributed by atoms with Crippen molar-refractivity contribution in [1.82, 2.24) is 10.3 Å². The van der Waals surface area contributed by atoms with E-state index in [0.717, 1.165) is 28.9 Å². The highest BCUT2D eigenvalue weighted by Crippen LogP contribution is 2.34. The average Bonchev–Trinajstić information content (AvgIpc) is 2.59. The summed E-state index contributed by atoms with van der Waals surface area (Å²) in [5, 5.41) is 3.86. The second kappa shape index (κ2) is 9.21. The first-order valence-electron chi connectivity index (χ1n) is 7.97. The van der Waals surface area contributed by atoms with Crippen LogP contribution >= 0.6 is 35.1 Å². The molecule has 0 saturated heterocycles. The van der Waals surface area contributed by atoms with Crippen molar-refractivity contribution in [2.24, 2.45) is 0 Å². The number of hydrogen-bond donors (Lipinski definition) is 1. The van der Waals surface area contributed by atoms with Crippen LogP contribution < -0.4 is 5.32 Å². The molecule has 3 nitrogen and oxygen atoms in total. The van der Waals surface area contributed by atoms with E-state index >= 15 is 0 Å². The molecule has 0 bridgehead atoms. The Bertz CT molecular complexity index is 783. The lowest BCUT2D eigenvalue weighted by Gasteiger charge is -2.22. The molecule has 0 saturated carbocycles. The normalized spacial score (nSPS) is 12.1. The monoisotopic (exact) mass is 434 g/mol. The highest BCUT2D eigenvalue weighted by Gasteiger charge is 2.32. The number of aromatic nitrogens is 1. The van der Waals surface area contributed by atoms with Crippen molar-refractivity contribution in [1.29, 1.82) is 0 Å². The highest BCUT2D eigenvalue weighted by atomic mass is 35.5. The number of thioether (sulfide) groups is 2. The molecular weight excluding hydrogens is 417 g/mol. The summed E-state index contributed by atoms with van der Waals surface area (Å²) in [7, 11) is 0. The number of benzene rings is 1. The number of hydrogen-bond acceptors (Lipinski definition) is 4. The Hall–Kier alpha value is -1.38. The molecule has 146 valence electrons. The van der Waals surface area contributed by atoms with Gasteiger partial charge in [-0.25, -0.2) is 4.98 Å². The van der Waals surface area contributed by atoms with E-state index in [4.69, 9.17) is 11.6 Å². The first-order chi connectivity index (χ1) is 12.6. The Morgan fingerprint density at radius 2 is 1.89 bits per heavy atom. The first kappa shape index (κ1) is 21.9. The van der Waals surface area contributed by atoms with E-state index in [1.807, 2.05) is 18.2 Å². The van der Waals surface area contributed by atoms with Gasteiger partial charge in [0.25, 0.3) is 0 Å². The maximum absolute atomic E-state index is 12.6. The molecule has 0 aliphatic heterocycles. The average molecular weight is 435 g/mol. The third kappa shape index (κ3) is 6.62. The Morgan fingerprint density at radius 1 is 1.19 bits per heavy atom. The largest absolute Gasteiger partial charge is 0.417 e. The van der Waals surface area contributed by atoms with E-state index in [-0.39, 0.29) is 5.91 Å². The second-order valence-corrected chi connectivity index (χ2v) is 9.22. The maximum Gasteiger partial charge on any atom is 0.417 e. The SMILES string of the molecule is CC(C)(Sc1ccc(C(F)(F)F)cn1)C(=O)NCCSc1ccccc1Cl. The van der Waals surface area contributed by atoms with Gasteiger partial charge in [0.05, 0.1) is 20.4 Å². The van der Waals surface area contributed by atoms with Gasteiger partial charge in [0.2, 0.25) is 5.91 Å².